The summed E-state index contributed by atoms with van der Waals surface area (Å²) in [6, 6.07) is 6.80. The smallest absolute Gasteiger partial charge is 0.00790 e. The normalized spacial score (nSPS) is 18.2. The van der Waals surface area contributed by atoms with Crippen LogP contribution >= 0.6 is 0 Å². The molecule has 1 fully saturated rings. The number of benzene rings is 1. The van der Waals surface area contributed by atoms with Gasteiger partial charge < -0.3 is 5.73 Å². The predicted octanol–water partition coefficient (Wildman–Crippen LogP) is 2.55. The fraction of sp³-hybridized carbons (Fsp3) is 0.538. The topological polar surface area (TPSA) is 26.0 Å². The molecule has 0 radical (unpaired) electrons. The molecule has 1 aliphatic carbocycles. The molecule has 2 rings (SSSR count). The summed E-state index contributed by atoms with van der Waals surface area (Å²) < 4.78 is 0. The second kappa shape index (κ2) is 3.39. The highest BCUT2D eigenvalue weighted by Crippen LogP contribution is 2.48. The fourth-order valence-electron chi connectivity index (χ4n) is 2.23. The molecule has 1 nitrogen and oxygen atoms in total. The summed E-state index contributed by atoms with van der Waals surface area (Å²) in [5, 5.41) is 0. The molecule has 0 aromatic heterocycles. The largest absolute Gasteiger partial charge is 0.330 e. The molecule has 0 saturated heterocycles. The SMILES string of the molecule is CCc1ccc(C)cc1C1(CN)CC1. The van der Waals surface area contributed by atoms with Crippen LogP contribution in [-0.2, 0) is 11.8 Å². The molecular formula is C13H19N. The third kappa shape index (κ3) is 1.46. The van der Waals surface area contributed by atoms with Gasteiger partial charge in [0.1, 0.15) is 0 Å². The van der Waals surface area contributed by atoms with Crippen molar-refractivity contribution >= 4 is 0 Å². The molecule has 1 heteroatoms. The highest BCUT2D eigenvalue weighted by molar-refractivity contribution is 5.41. The highest BCUT2D eigenvalue weighted by atomic mass is 14.7. The van der Waals surface area contributed by atoms with Gasteiger partial charge in [0, 0.05) is 12.0 Å². The van der Waals surface area contributed by atoms with E-state index in [4.69, 9.17) is 5.73 Å². The maximum Gasteiger partial charge on any atom is 0.00790 e. The van der Waals surface area contributed by atoms with E-state index in [-0.39, 0.29) is 0 Å². The lowest BCUT2D eigenvalue weighted by molar-refractivity contribution is 0.694. The Bertz CT molecular complexity index is 337. The molecule has 1 saturated carbocycles. The van der Waals surface area contributed by atoms with Crippen LogP contribution in [0.2, 0.25) is 0 Å². The lowest BCUT2D eigenvalue weighted by atomic mass is 9.89. The van der Waals surface area contributed by atoms with Gasteiger partial charge in [0.15, 0.2) is 0 Å². The van der Waals surface area contributed by atoms with Crippen LogP contribution in [0.15, 0.2) is 18.2 Å². The molecule has 0 spiro atoms. The van der Waals surface area contributed by atoms with E-state index in [1.807, 2.05) is 0 Å². The molecule has 1 aromatic rings. The molecule has 0 amide bonds. The Labute approximate surface area is 86.3 Å². The molecule has 0 heterocycles. The van der Waals surface area contributed by atoms with Gasteiger partial charge in [-0.05, 0) is 37.3 Å². The van der Waals surface area contributed by atoms with E-state index >= 15 is 0 Å². The summed E-state index contributed by atoms with van der Waals surface area (Å²) in [5.41, 5.74) is 10.6. The van der Waals surface area contributed by atoms with Crippen molar-refractivity contribution in [2.24, 2.45) is 5.73 Å². The van der Waals surface area contributed by atoms with Gasteiger partial charge in [-0.3, -0.25) is 0 Å². The van der Waals surface area contributed by atoms with E-state index < -0.39 is 0 Å². The van der Waals surface area contributed by atoms with Crippen molar-refractivity contribution < 1.29 is 0 Å². The lowest BCUT2D eigenvalue weighted by Gasteiger charge is -2.17. The van der Waals surface area contributed by atoms with Crippen molar-refractivity contribution in [2.75, 3.05) is 6.54 Å². The summed E-state index contributed by atoms with van der Waals surface area (Å²) in [6.07, 6.45) is 3.68. The summed E-state index contributed by atoms with van der Waals surface area (Å²) >= 11 is 0. The van der Waals surface area contributed by atoms with Crippen molar-refractivity contribution in [1.29, 1.82) is 0 Å². The molecule has 14 heavy (non-hydrogen) atoms. The monoisotopic (exact) mass is 189 g/mol. The van der Waals surface area contributed by atoms with E-state index in [1.54, 1.807) is 0 Å². The van der Waals surface area contributed by atoms with E-state index in [0.717, 1.165) is 13.0 Å². The van der Waals surface area contributed by atoms with Crippen LogP contribution in [0.5, 0.6) is 0 Å². The van der Waals surface area contributed by atoms with Crippen LogP contribution in [-0.4, -0.2) is 6.54 Å². The predicted molar refractivity (Wildman–Crippen MR) is 60.5 cm³/mol. The van der Waals surface area contributed by atoms with Crippen molar-refractivity contribution in [1.82, 2.24) is 0 Å². The average Bonchev–Trinajstić information content (AvgIpc) is 2.98. The van der Waals surface area contributed by atoms with Crippen molar-refractivity contribution in [3.63, 3.8) is 0 Å². The number of hydrogen-bond donors (Lipinski definition) is 1. The molecule has 0 atom stereocenters. The number of hydrogen-bond acceptors (Lipinski definition) is 1. The third-order valence-corrected chi connectivity index (χ3v) is 3.46. The van der Waals surface area contributed by atoms with Gasteiger partial charge in [0.25, 0.3) is 0 Å². The summed E-state index contributed by atoms with van der Waals surface area (Å²) in [6.45, 7) is 5.19. The highest BCUT2D eigenvalue weighted by Gasteiger charge is 2.43. The van der Waals surface area contributed by atoms with Gasteiger partial charge in [-0.1, -0.05) is 30.7 Å². The lowest BCUT2D eigenvalue weighted by Crippen LogP contribution is -2.21. The molecule has 1 aromatic carbocycles. The van der Waals surface area contributed by atoms with Crippen LogP contribution < -0.4 is 5.73 Å². The zero-order valence-electron chi connectivity index (χ0n) is 9.14. The van der Waals surface area contributed by atoms with E-state index in [2.05, 4.69) is 32.0 Å². The molecular weight excluding hydrogens is 170 g/mol. The van der Waals surface area contributed by atoms with Gasteiger partial charge in [0.2, 0.25) is 0 Å². The Kier molecular flexibility index (Phi) is 2.36. The first-order valence-corrected chi connectivity index (χ1v) is 5.52. The van der Waals surface area contributed by atoms with Crippen LogP contribution in [0.4, 0.5) is 0 Å². The molecule has 2 N–H and O–H groups in total. The summed E-state index contributed by atoms with van der Waals surface area (Å²) in [4.78, 5) is 0. The average molecular weight is 189 g/mol. The van der Waals surface area contributed by atoms with Gasteiger partial charge in [0.05, 0.1) is 0 Å². The summed E-state index contributed by atoms with van der Waals surface area (Å²) in [5.74, 6) is 0. The Morgan fingerprint density at radius 1 is 1.36 bits per heavy atom. The number of nitrogens with two attached hydrogens (primary N) is 1. The molecule has 76 valence electrons. The maximum atomic E-state index is 5.87. The van der Waals surface area contributed by atoms with Gasteiger partial charge >= 0.3 is 0 Å². The Morgan fingerprint density at radius 3 is 2.57 bits per heavy atom. The minimum absolute atomic E-state index is 0.345. The fourth-order valence-corrected chi connectivity index (χ4v) is 2.23. The van der Waals surface area contributed by atoms with Crippen LogP contribution in [0.25, 0.3) is 0 Å². The minimum Gasteiger partial charge on any atom is -0.330 e. The first-order valence-electron chi connectivity index (χ1n) is 5.52. The maximum absolute atomic E-state index is 5.87. The minimum atomic E-state index is 0.345. The van der Waals surface area contributed by atoms with E-state index in [1.165, 1.54) is 29.5 Å². The molecule has 0 aliphatic heterocycles. The van der Waals surface area contributed by atoms with Crippen molar-refractivity contribution in [3.05, 3.63) is 34.9 Å². The van der Waals surface area contributed by atoms with Crippen molar-refractivity contribution in [3.8, 4) is 0 Å². The van der Waals surface area contributed by atoms with Crippen LogP contribution in [0.1, 0.15) is 36.5 Å². The van der Waals surface area contributed by atoms with Crippen LogP contribution in [0, 0.1) is 6.92 Å². The second-order valence-corrected chi connectivity index (χ2v) is 4.50. The summed E-state index contributed by atoms with van der Waals surface area (Å²) in [7, 11) is 0. The Balaban J connectivity index is 2.44. The first-order chi connectivity index (χ1) is 6.72. The van der Waals surface area contributed by atoms with Crippen molar-refractivity contribution in [2.45, 2.75) is 38.5 Å². The Morgan fingerprint density at radius 2 is 2.07 bits per heavy atom. The molecule has 0 unspecified atom stereocenters. The zero-order valence-corrected chi connectivity index (χ0v) is 9.14. The van der Waals surface area contributed by atoms with Crippen LogP contribution in [0.3, 0.4) is 0 Å². The van der Waals surface area contributed by atoms with Gasteiger partial charge in [-0.25, -0.2) is 0 Å². The second-order valence-electron chi connectivity index (χ2n) is 4.50. The first kappa shape index (κ1) is 9.72. The third-order valence-electron chi connectivity index (χ3n) is 3.46. The van der Waals surface area contributed by atoms with E-state index in [0.29, 0.717) is 5.41 Å². The van der Waals surface area contributed by atoms with Gasteiger partial charge in [-0.2, -0.15) is 0 Å². The quantitative estimate of drug-likeness (QED) is 0.777. The molecule has 0 bridgehead atoms. The van der Waals surface area contributed by atoms with Gasteiger partial charge in [-0.15, -0.1) is 0 Å². The standard InChI is InChI=1S/C13H19N/c1-3-11-5-4-10(2)8-12(11)13(9-14)6-7-13/h4-5,8H,3,6-7,9,14H2,1-2H3. The zero-order chi connectivity index (χ0) is 10.2. The Hall–Kier alpha value is -0.820. The number of rotatable bonds is 3. The van der Waals surface area contributed by atoms with E-state index in [9.17, 15) is 0 Å². The number of aryl methyl sites for hydroxylation is 2. The molecule has 1 aliphatic rings.